The number of likely N-dealkylation sites (N-methyl/N-ethyl adjacent to an activating group) is 1. The van der Waals surface area contributed by atoms with Gasteiger partial charge in [0.2, 0.25) is 11.8 Å². The van der Waals surface area contributed by atoms with Gasteiger partial charge in [0.1, 0.15) is 10.4 Å². The van der Waals surface area contributed by atoms with Crippen molar-refractivity contribution in [2.45, 2.75) is 6.92 Å². The lowest BCUT2D eigenvalue weighted by Gasteiger charge is -2.34. The number of hydrogen-bond acceptors (Lipinski definition) is 7. The van der Waals surface area contributed by atoms with E-state index in [2.05, 4.69) is 56.4 Å². The lowest BCUT2D eigenvalue weighted by atomic mass is 10.2. The monoisotopic (exact) mass is 431 g/mol. The highest BCUT2D eigenvalue weighted by molar-refractivity contribution is 7.17. The van der Waals surface area contributed by atoms with Crippen molar-refractivity contribution in [3.05, 3.63) is 65.5 Å². The van der Waals surface area contributed by atoms with E-state index in [9.17, 15) is 0 Å². The number of nitrogens with one attached hydrogen (secondary N) is 1. The first-order chi connectivity index (χ1) is 15.1. The molecular formula is C24H25N5OS. The summed E-state index contributed by atoms with van der Waals surface area (Å²) in [7, 11) is 2.17. The smallest absolute Gasteiger partial charge is 0.242 e. The Morgan fingerprint density at radius 2 is 1.77 bits per heavy atom. The SMILES string of the molecule is Cc1cccc(Oc2nc(Nc3ccc(N4CCN(C)CC4)cc3)nc3ccsc23)c1. The molecule has 1 saturated heterocycles. The van der Waals surface area contributed by atoms with Gasteiger partial charge in [-0.05, 0) is 67.4 Å². The highest BCUT2D eigenvalue weighted by atomic mass is 32.1. The molecule has 4 aromatic rings. The summed E-state index contributed by atoms with van der Waals surface area (Å²) < 4.78 is 7.07. The Labute approximate surface area is 186 Å². The third kappa shape index (κ3) is 4.47. The number of thiophene rings is 1. The van der Waals surface area contributed by atoms with Crippen molar-refractivity contribution in [3.63, 3.8) is 0 Å². The lowest BCUT2D eigenvalue weighted by molar-refractivity contribution is 0.313. The number of piperazine rings is 1. The Kier molecular flexibility index (Phi) is 5.44. The van der Waals surface area contributed by atoms with Crippen LogP contribution in [-0.4, -0.2) is 48.1 Å². The van der Waals surface area contributed by atoms with Crippen molar-refractivity contribution in [1.82, 2.24) is 14.9 Å². The van der Waals surface area contributed by atoms with Crippen LogP contribution in [0, 0.1) is 6.92 Å². The second kappa shape index (κ2) is 8.53. The fourth-order valence-corrected chi connectivity index (χ4v) is 4.46. The summed E-state index contributed by atoms with van der Waals surface area (Å²) in [5.41, 5.74) is 4.22. The Bertz CT molecular complexity index is 1180. The Morgan fingerprint density at radius 1 is 0.968 bits per heavy atom. The molecule has 1 aliphatic rings. The highest BCUT2D eigenvalue weighted by Crippen LogP contribution is 2.33. The first-order valence-corrected chi connectivity index (χ1v) is 11.3. The van der Waals surface area contributed by atoms with Crippen LogP contribution >= 0.6 is 11.3 Å². The quantitative estimate of drug-likeness (QED) is 0.464. The maximum absolute atomic E-state index is 6.12. The van der Waals surface area contributed by atoms with Crippen LogP contribution in [0.4, 0.5) is 17.3 Å². The van der Waals surface area contributed by atoms with Crippen LogP contribution in [0.15, 0.2) is 60.0 Å². The molecule has 158 valence electrons. The average molecular weight is 432 g/mol. The largest absolute Gasteiger partial charge is 0.437 e. The Balaban J connectivity index is 1.36. The van der Waals surface area contributed by atoms with E-state index >= 15 is 0 Å². The molecule has 3 heterocycles. The molecule has 0 radical (unpaired) electrons. The summed E-state index contributed by atoms with van der Waals surface area (Å²) >= 11 is 1.58. The van der Waals surface area contributed by atoms with Gasteiger partial charge in [-0.2, -0.15) is 4.98 Å². The van der Waals surface area contributed by atoms with Crippen LogP contribution in [-0.2, 0) is 0 Å². The van der Waals surface area contributed by atoms with E-state index in [-0.39, 0.29) is 0 Å². The standard InChI is InChI=1S/C24H25N5OS/c1-17-4-3-5-20(16-17)30-23-22-21(10-15-31-22)26-24(27-23)25-18-6-8-19(9-7-18)29-13-11-28(2)12-14-29/h3-10,15-16H,11-14H2,1-2H3,(H,25,26,27). The maximum Gasteiger partial charge on any atom is 0.242 e. The second-order valence-electron chi connectivity index (χ2n) is 7.87. The number of aromatic nitrogens is 2. The number of fused-ring (bicyclic) bond motifs is 1. The van der Waals surface area contributed by atoms with Gasteiger partial charge >= 0.3 is 0 Å². The first-order valence-electron chi connectivity index (χ1n) is 10.4. The predicted molar refractivity (Wildman–Crippen MR) is 128 cm³/mol. The van der Waals surface area contributed by atoms with Gasteiger partial charge in [-0.3, -0.25) is 0 Å². The third-order valence-electron chi connectivity index (χ3n) is 5.47. The third-order valence-corrected chi connectivity index (χ3v) is 6.36. The van der Waals surface area contributed by atoms with Gasteiger partial charge in [0, 0.05) is 37.6 Å². The summed E-state index contributed by atoms with van der Waals surface area (Å²) in [6.07, 6.45) is 0. The molecule has 6 nitrogen and oxygen atoms in total. The van der Waals surface area contributed by atoms with Gasteiger partial charge in [0.15, 0.2) is 0 Å². The molecule has 5 rings (SSSR count). The minimum absolute atomic E-state index is 0.529. The predicted octanol–water partition coefficient (Wildman–Crippen LogP) is 5.29. The van der Waals surface area contributed by atoms with Gasteiger partial charge < -0.3 is 19.9 Å². The lowest BCUT2D eigenvalue weighted by Crippen LogP contribution is -2.44. The van der Waals surface area contributed by atoms with E-state index in [1.807, 2.05) is 42.6 Å². The Morgan fingerprint density at radius 3 is 2.55 bits per heavy atom. The van der Waals surface area contributed by atoms with Crippen molar-refractivity contribution in [2.24, 2.45) is 0 Å². The minimum Gasteiger partial charge on any atom is -0.437 e. The van der Waals surface area contributed by atoms with Crippen molar-refractivity contribution < 1.29 is 4.74 Å². The van der Waals surface area contributed by atoms with E-state index < -0.39 is 0 Å². The molecule has 2 aromatic carbocycles. The van der Waals surface area contributed by atoms with Crippen molar-refractivity contribution >= 4 is 38.9 Å². The summed E-state index contributed by atoms with van der Waals surface area (Å²) in [5, 5.41) is 5.35. The van der Waals surface area contributed by atoms with E-state index in [1.165, 1.54) is 5.69 Å². The number of rotatable bonds is 5. The topological polar surface area (TPSA) is 53.5 Å². The van der Waals surface area contributed by atoms with Gasteiger partial charge in [-0.25, -0.2) is 4.98 Å². The van der Waals surface area contributed by atoms with Gasteiger partial charge in [0.25, 0.3) is 0 Å². The summed E-state index contributed by atoms with van der Waals surface area (Å²) in [6.45, 7) is 6.35. The van der Waals surface area contributed by atoms with Crippen LogP contribution in [0.3, 0.4) is 0 Å². The molecule has 2 aromatic heterocycles. The summed E-state index contributed by atoms with van der Waals surface area (Å²) in [5.74, 6) is 1.87. The maximum atomic E-state index is 6.12. The number of hydrogen-bond donors (Lipinski definition) is 1. The fourth-order valence-electron chi connectivity index (χ4n) is 3.70. The minimum atomic E-state index is 0.529. The number of nitrogens with zero attached hydrogens (tertiary/aromatic N) is 4. The summed E-state index contributed by atoms with van der Waals surface area (Å²) in [6, 6.07) is 18.4. The molecular weight excluding hydrogens is 406 g/mol. The molecule has 0 amide bonds. The van der Waals surface area contributed by atoms with Crippen molar-refractivity contribution in [2.75, 3.05) is 43.4 Å². The fraction of sp³-hybridized carbons (Fsp3) is 0.250. The van der Waals surface area contributed by atoms with Gasteiger partial charge in [-0.1, -0.05) is 12.1 Å². The highest BCUT2D eigenvalue weighted by Gasteiger charge is 2.15. The molecule has 1 fully saturated rings. The van der Waals surface area contributed by atoms with Crippen LogP contribution in [0.1, 0.15) is 5.56 Å². The molecule has 0 saturated carbocycles. The molecule has 0 atom stereocenters. The zero-order valence-electron chi connectivity index (χ0n) is 17.7. The molecule has 0 spiro atoms. The molecule has 0 bridgehead atoms. The number of anilines is 3. The van der Waals surface area contributed by atoms with Gasteiger partial charge in [0.05, 0.1) is 5.52 Å². The van der Waals surface area contributed by atoms with E-state index in [0.29, 0.717) is 11.8 Å². The van der Waals surface area contributed by atoms with Crippen LogP contribution in [0.2, 0.25) is 0 Å². The van der Waals surface area contributed by atoms with E-state index in [1.54, 1.807) is 11.3 Å². The first kappa shape index (κ1) is 19.8. The molecule has 7 heteroatoms. The number of aryl methyl sites for hydroxylation is 1. The number of benzene rings is 2. The molecule has 1 aliphatic heterocycles. The molecule has 0 unspecified atom stereocenters. The molecule has 0 aliphatic carbocycles. The number of ether oxygens (including phenoxy) is 1. The van der Waals surface area contributed by atoms with Gasteiger partial charge in [-0.15, -0.1) is 11.3 Å². The zero-order chi connectivity index (χ0) is 21.2. The van der Waals surface area contributed by atoms with Crippen LogP contribution < -0.4 is 15.0 Å². The van der Waals surface area contributed by atoms with Crippen LogP contribution in [0.5, 0.6) is 11.6 Å². The zero-order valence-corrected chi connectivity index (χ0v) is 18.5. The molecule has 1 N–H and O–H groups in total. The normalized spacial score (nSPS) is 14.7. The average Bonchev–Trinajstić information content (AvgIpc) is 3.24. The van der Waals surface area contributed by atoms with E-state index in [4.69, 9.17) is 4.74 Å². The summed E-state index contributed by atoms with van der Waals surface area (Å²) in [4.78, 5) is 14.1. The Hall–Kier alpha value is -3.16. The van der Waals surface area contributed by atoms with Crippen LogP contribution in [0.25, 0.3) is 10.2 Å². The van der Waals surface area contributed by atoms with Crippen molar-refractivity contribution in [3.8, 4) is 11.6 Å². The van der Waals surface area contributed by atoms with E-state index in [0.717, 1.165) is 53.4 Å². The second-order valence-corrected chi connectivity index (χ2v) is 8.78. The molecule has 31 heavy (non-hydrogen) atoms. The van der Waals surface area contributed by atoms with Crippen molar-refractivity contribution in [1.29, 1.82) is 0 Å².